The molecular formula is C29H40N10O4. The van der Waals surface area contributed by atoms with Crippen molar-refractivity contribution in [3.8, 4) is 0 Å². The fraction of sp³-hybridized carbons (Fsp3) is 0.448. The number of rotatable bonds is 16. The number of hydrogen-bond donors (Lipinski definition) is 6. The van der Waals surface area contributed by atoms with E-state index in [2.05, 4.69) is 35.6 Å². The van der Waals surface area contributed by atoms with Gasteiger partial charge in [-0.25, -0.2) is 9.97 Å². The molecular weight excluding hydrogens is 552 g/mol. The maximum Gasteiger partial charge on any atom is 0.280 e. The van der Waals surface area contributed by atoms with Gasteiger partial charge in [0, 0.05) is 31.0 Å². The third kappa shape index (κ3) is 10.8. The molecule has 0 saturated heterocycles. The van der Waals surface area contributed by atoms with E-state index in [4.69, 9.17) is 17.2 Å². The molecule has 3 aromatic rings. The number of carbonyl (C=O) groups is 3. The molecule has 0 saturated carbocycles. The van der Waals surface area contributed by atoms with Gasteiger partial charge in [0.25, 0.3) is 5.56 Å². The lowest BCUT2D eigenvalue weighted by Crippen LogP contribution is -2.47. The molecule has 230 valence electrons. The minimum absolute atomic E-state index is 0.0000690. The zero-order valence-corrected chi connectivity index (χ0v) is 24.6. The summed E-state index contributed by atoms with van der Waals surface area (Å²) in [6, 6.07) is 6.61. The number of hydrogen-bond acceptors (Lipinski definition) is 9. The van der Waals surface area contributed by atoms with Crippen LogP contribution in [0, 0.1) is 0 Å². The average molecular weight is 593 g/mol. The Labute approximate surface area is 249 Å². The van der Waals surface area contributed by atoms with Crippen LogP contribution >= 0.6 is 0 Å². The van der Waals surface area contributed by atoms with Crippen LogP contribution in [-0.4, -0.2) is 62.1 Å². The smallest absolute Gasteiger partial charge is 0.280 e. The van der Waals surface area contributed by atoms with E-state index in [1.165, 1.54) is 0 Å². The van der Waals surface area contributed by atoms with Crippen molar-refractivity contribution in [1.82, 2.24) is 30.6 Å². The summed E-state index contributed by atoms with van der Waals surface area (Å²) >= 11 is 0. The van der Waals surface area contributed by atoms with Crippen LogP contribution in [0.1, 0.15) is 74.0 Å². The highest BCUT2D eigenvalue weighted by atomic mass is 16.2. The van der Waals surface area contributed by atoms with Crippen LogP contribution in [0.4, 0.5) is 5.95 Å². The van der Waals surface area contributed by atoms with E-state index >= 15 is 0 Å². The zero-order chi connectivity index (χ0) is 31.4. The molecule has 0 radical (unpaired) electrons. The Morgan fingerprint density at radius 2 is 1.70 bits per heavy atom. The molecule has 43 heavy (non-hydrogen) atoms. The number of aryl methyl sites for hydroxylation is 2. The van der Waals surface area contributed by atoms with Gasteiger partial charge >= 0.3 is 0 Å². The SMILES string of the molecule is C[C@H](CCCN=C(N)N)NC(=O)[C@H](C)NC(=O)CCCCC(=O)c1ccc(CCc2cnc3nc(N)[nH]c(=O)c3n2)cc1. The highest BCUT2D eigenvalue weighted by molar-refractivity contribution is 5.96. The zero-order valence-electron chi connectivity index (χ0n) is 24.6. The van der Waals surface area contributed by atoms with Gasteiger partial charge in [-0.3, -0.25) is 29.2 Å². The first-order valence-electron chi connectivity index (χ1n) is 14.3. The molecule has 0 spiro atoms. The first-order chi connectivity index (χ1) is 20.5. The predicted molar refractivity (Wildman–Crippen MR) is 164 cm³/mol. The Balaban J connectivity index is 1.34. The summed E-state index contributed by atoms with van der Waals surface area (Å²) < 4.78 is 0. The second kappa shape index (κ2) is 15.9. The molecule has 14 nitrogen and oxygen atoms in total. The summed E-state index contributed by atoms with van der Waals surface area (Å²) in [5.74, 6) is -0.462. The Morgan fingerprint density at radius 1 is 0.977 bits per heavy atom. The number of aromatic nitrogens is 4. The summed E-state index contributed by atoms with van der Waals surface area (Å²) in [6.07, 6.45) is 5.85. The molecule has 0 aliphatic heterocycles. The first-order valence-corrected chi connectivity index (χ1v) is 14.3. The number of H-pyrrole nitrogens is 1. The number of Topliss-reactive ketones (excluding diaryl/α,β-unsaturated/α-hetero) is 1. The summed E-state index contributed by atoms with van der Waals surface area (Å²) in [5.41, 5.74) is 18.3. The minimum Gasteiger partial charge on any atom is -0.370 e. The van der Waals surface area contributed by atoms with Crippen molar-refractivity contribution in [2.45, 2.75) is 77.3 Å². The van der Waals surface area contributed by atoms with Crippen molar-refractivity contribution in [3.63, 3.8) is 0 Å². The molecule has 0 unspecified atom stereocenters. The monoisotopic (exact) mass is 592 g/mol. The Kier molecular flexibility index (Phi) is 12.1. The molecule has 2 aromatic heterocycles. The fourth-order valence-corrected chi connectivity index (χ4v) is 4.36. The van der Waals surface area contributed by atoms with Crippen molar-refractivity contribution >= 4 is 40.7 Å². The maximum atomic E-state index is 12.6. The average Bonchev–Trinajstić information content (AvgIpc) is 2.96. The largest absolute Gasteiger partial charge is 0.370 e. The summed E-state index contributed by atoms with van der Waals surface area (Å²) in [5, 5.41) is 5.58. The number of amides is 2. The van der Waals surface area contributed by atoms with E-state index in [-0.39, 0.29) is 53.1 Å². The van der Waals surface area contributed by atoms with Gasteiger partial charge in [0.2, 0.25) is 17.8 Å². The molecule has 0 bridgehead atoms. The highest BCUT2D eigenvalue weighted by Gasteiger charge is 2.17. The fourth-order valence-electron chi connectivity index (χ4n) is 4.36. The minimum atomic E-state index is -0.667. The maximum absolute atomic E-state index is 12.6. The number of anilines is 1. The third-order valence-electron chi connectivity index (χ3n) is 6.74. The van der Waals surface area contributed by atoms with Crippen molar-refractivity contribution < 1.29 is 14.4 Å². The molecule has 3 rings (SSSR count). The summed E-state index contributed by atoms with van der Waals surface area (Å²) in [7, 11) is 0. The van der Waals surface area contributed by atoms with Gasteiger partial charge in [-0.1, -0.05) is 24.3 Å². The van der Waals surface area contributed by atoms with E-state index in [1.807, 2.05) is 19.1 Å². The van der Waals surface area contributed by atoms with Gasteiger partial charge in [0.15, 0.2) is 22.9 Å². The van der Waals surface area contributed by atoms with Crippen LogP contribution in [-0.2, 0) is 22.4 Å². The van der Waals surface area contributed by atoms with Gasteiger partial charge in [0.1, 0.15) is 6.04 Å². The van der Waals surface area contributed by atoms with Crippen LogP contribution in [0.3, 0.4) is 0 Å². The number of aliphatic imine (C=N–C) groups is 1. The lowest BCUT2D eigenvalue weighted by molar-refractivity contribution is -0.129. The number of aromatic amines is 1. The molecule has 2 heterocycles. The van der Waals surface area contributed by atoms with Gasteiger partial charge in [-0.15, -0.1) is 0 Å². The third-order valence-corrected chi connectivity index (χ3v) is 6.74. The van der Waals surface area contributed by atoms with Gasteiger partial charge < -0.3 is 27.8 Å². The summed E-state index contributed by atoms with van der Waals surface area (Å²) in [4.78, 5) is 68.1. The van der Waals surface area contributed by atoms with Crippen LogP contribution in [0.25, 0.3) is 11.2 Å². The lowest BCUT2D eigenvalue weighted by Gasteiger charge is -2.18. The number of nitrogens with zero attached hydrogens (tertiary/aromatic N) is 4. The van der Waals surface area contributed by atoms with Gasteiger partial charge in [-0.2, -0.15) is 4.98 Å². The van der Waals surface area contributed by atoms with E-state index < -0.39 is 11.6 Å². The number of nitrogen functional groups attached to an aromatic ring is 1. The normalized spacial score (nSPS) is 12.3. The molecule has 9 N–H and O–H groups in total. The highest BCUT2D eigenvalue weighted by Crippen LogP contribution is 2.13. The van der Waals surface area contributed by atoms with Crippen molar-refractivity contribution in [1.29, 1.82) is 0 Å². The Hall–Kier alpha value is -4.88. The molecule has 0 fully saturated rings. The van der Waals surface area contributed by atoms with E-state index in [0.29, 0.717) is 56.3 Å². The van der Waals surface area contributed by atoms with Crippen molar-refractivity contribution in [3.05, 3.63) is 57.6 Å². The van der Waals surface area contributed by atoms with Crippen molar-refractivity contribution in [2.24, 2.45) is 16.5 Å². The standard InChI is InChI=1S/C29H40N10O4/c1-17(6-5-15-33-28(30)31)35-26(42)18(2)36-23(41)8-4-3-7-22(40)20-12-9-19(10-13-20)11-14-21-16-34-25-24(37-21)27(43)39-29(32)38-25/h9-10,12-13,16-18H,3-8,11,14-15H2,1-2H3,(H,35,42)(H,36,41)(H4,30,31,33)(H3,32,34,38,39,43)/t17-,18+/m1/s1. The number of nitrogens with two attached hydrogens (primary N) is 3. The van der Waals surface area contributed by atoms with Gasteiger partial charge in [-0.05, 0) is 57.9 Å². The number of nitrogens with one attached hydrogen (secondary N) is 3. The second-order valence-corrected chi connectivity index (χ2v) is 10.5. The predicted octanol–water partition coefficient (Wildman–Crippen LogP) is 0.887. The first kappa shape index (κ1) is 32.6. The number of guanidine groups is 1. The molecule has 1 aromatic carbocycles. The van der Waals surface area contributed by atoms with Gasteiger partial charge in [0.05, 0.1) is 11.9 Å². The quantitative estimate of drug-likeness (QED) is 0.0594. The summed E-state index contributed by atoms with van der Waals surface area (Å²) in [6.45, 7) is 4.01. The van der Waals surface area contributed by atoms with Crippen molar-refractivity contribution in [2.75, 3.05) is 12.3 Å². The van der Waals surface area contributed by atoms with Crippen LogP contribution < -0.4 is 33.4 Å². The number of fused-ring (bicyclic) bond motifs is 1. The number of carbonyl (C=O) groups excluding carboxylic acids is 3. The topological polar surface area (TPSA) is 237 Å². The molecule has 2 amide bonds. The molecule has 0 aliphatic rings. The van der Waals surface area contributed by atoms with E-state index in [0.717, 1.165) is 12.0 Å². The van der Waals surface area contributed by atoms with Crippen LogP contribution in [0.15, 0.2) is 40.2 Å². The lowest BCUT2D eigenvalue weighted by atomic mass is 10.0. The number of ketones is 1. The Morgan fingerprint density at radius 3 is 2.42 bits per heavy atom. The second-order valence-electron chi connectivity index (χ2n) is 10.5. The van der Waals surface area contributed by atoms with E-state index in [1.54, 1.807) is 25.3 Å². The Bertz CT molecular complexity index is 1500. The number of unbranched alkanes of at least 4 members (excludes halogenated alkanes) is 1. The van der Waals surface area contributed by atoms with Crippen LogP contribution in [0.2, 0.25) is 0 Å². The van der Waals surface area contributed by atoms with Crippen LogP contribution in [0.5, 0.6) is 0 Å². The number of benzene rings is 1. The molecule has 2 atom stereocenters. The molecule has 0 aliphatic carbocycles. The molecule has 14 heteroatoms. The van der Waals surface area contributed by atoms with E-state index in [9.17, 15) is 19.2 Å².